The second kappa shape index (κ2) is 27.4. The number of epoxide rings is 1. The molecule has 3 aromatic carbocycles. The Hall–Kier alpha value is -8.82. The molecule has 3 N–H and O–H groups in total. The highest BCUT2D eigenvalue weighted by Gasteiger charge is 2.67. The minimum absolute atomic E-state index is 0.00634. The highest BCUT2D eigenvalue weighted by Crippen LogP contribution is 2.52. The van der Waals surface area contributed by atoms with Crippen LogP contribution in [-0.2, 0) is 34.1 Å². The van der Waals surface area contributed by atoms with Gasteiger partial charge in [-0.25, -0.2) is 13.2 Å². The highest BCUT2D eigenvalue weighted by molar-refractivity contribution is 5.78. The monoisotopic (exact) mass is 1310 g/mol. The minimum Gasteiger partial charge on any atom is -0.496 e. The molecule has 0 spiro atoms. The number of nitrogens with one attached hydrogen (secondary N) is 1. The number of methoxy groups -OCH3 is 3. The van der Waals surface area contributed by atoms with Crippen molar-refractivity contribution < 1.29 is 81.8 Å². The zero-order valence-electron chi connectivity index (χ0n) is 51.6. The third-order valence-corrected chi connectivity index (χ3v) is 15.8. The number of aromatic nitrogens is 6. The zero-order chi connectivity index (χ0) is 68.9. The molecule has 15 nitrogen and oxygen atoms in total. The third-order valence-electron chi connectivity index (χ3n) is 15.8. The maximum absolute atomic E-state index is 14.1. The van der Waals surface area contributed by atoms with Crippen molar-refractivity contribution in [3.8, 4) is 28.5 Å². The second-order valence-corrected chi connectivity index (χ2v) is 24.2. The van der Waals surface area contributed by atoms with Crippen LogP contribution >= 0.6 is 0 Å². The van der Waals surface area contributed by atoms with Gasteiger partial charge in [-0.05, 0) is 108 Å². The molecule has 498 valence electrons. The number of fused-ring (bicyclic) bond motifs is 3. The lowest BCUT2D eigenvalue weighted by Crippen LogP contribution is -2.52. The maximum atomic E-state index is 14.1. The second-order valence-electron chi connectivity index (χ2n) is 24.2. The first-order valence-electron chi connectivity index (χ1n) is 28.3. The lowest BCUT2D eigenvalue weighted by Gasteiger charge is -2.39. The fourth-order valence-electron chi connectivity index (χ4n) is 11.1. The molecule has 0 bridgehead atoms. The SMILES string of the molecule is COc1ccc(F)cc1C(C)(C)CC(O)(Cn1ccc(=O)c2cnccc21)C(F)(F)F.COc1ccc(F)cc1C(C)(C)CC(O)(Cn1ccc2nccc(=O)c-2c1)C(F)(F)F.COc1ccc(F)cc1C(C)(C)CC1(C(F)(F)F)CO1.O=c1cc[nH]c2ccncc12. The zero-order valence-corrected chi connectivity index (χ0v) is 51.6. The first kappa shape index (κ1) is 71.6. The van der Waals surface area contributed by atoms with E-state index in [0.717, 1.165) is 40.4 Å². The first-order chi connectivity index (χ1) is 43.2. The van der Waals surface area contributed by atoms with Gasteiger partial charge < -0.3 is 43.3 Å². The van der Waals surface area contributed by atoms with Gasteiger partial charge in [-0.3, -0.25) is 29.3 Å². The van der Waals surface area contributed by atoms with Gasteiger partial charge in [0.05, 0.1) is 74.1 Å². The van der Waals surface area contributed by atoms with E-state index in [9.17, 15) is 77.3 Å². The summed E-state index contributed by atoms with van der Waals surface area (Å²) in [4.78, 5) is 49.8. The fourth-order valence-corrected chi connectivity index (χ4v) is 11.1. The van der Waals surface area contributed by atoms with Gasteiger partial charge >= 0.3 is 18.5 Å². The lowest BCUT2D eigenvalue weighted by atomic mass is 9.74. The highest BCUT2D eigenvalue weighted by atomic mass is 19.4. The number of aromatic amines is 1. The molecule has 0 amide bonds. The van der Waals surface area contributed by atoms with E-state index in [0.29, 0.717) is 22.4 Å². The van der Waals surface area contributed by atoms with Crippen molar-refractivity contribution in [1.29, 1.82) is 0 Å². The summed E-state index contributed by atoms with van der Waals surface area (Å²) in [6.45, 7) is 7.09. The van der Waals surface area contributed by atoms with Gasteiger partial charge in [0.1, 0.15) is 34.7 Å². The number of hydrogen-bond acceptors (Lipinski definition) is 12. The van der Waals surface area contributed by atoms with Crippen LogP contribution in [0.5, 0.6) is 17.2 Å². The molecule has 4 aromatic heterocycles. The van der Waals surface area contributed by atoms with E-state index in [1.165, 1.54) is 145 Å². The number of pyridine rings is 6. The van der Waals surface area contributed by atoms with E-state index < -0.39 is 95.0 Å². The lowest BCUT2D eigenvalue weighted by molar-refractivity contribution is -0.271. The molecule has 0 radical (unpaired) electrons. The van der Waals surface area contributed by atoms with E-state index in [4.69, 9.17) is 14.2 Å². The number of aliphatic hydroxyl groups is 2. The number of rotatable bonds is 16. The van der Waals surface area contributed by atoms with E-state index in [2.05, 4.69) is 24.7 Å². The molecule has 0 saturated carbocycles. The minimum atomic E-state index is -5.01. The number of H-pyrrole nitrogens is 1. The summed E-state index contributed by atoms with van der Waals surface area (Å²) in [7, 11) is 4.07. The number of hydrogen-bond donors (Lipinski definition) is 3. The Labute approximate surface area is 524 Å². The quantitative estimate of drug-likeness (QED) is 0.0612. The summed E-state index contributed by atoms with van der Waals surface area (Å²) < 4.78 is 187. The van der Waals surface area contributed by atoms with Crippen LogP contribution in [0.25, 0.3) is 33.1 Å². The standard InChI is InChI=1S/2C22H22F4N2O3.C14H16F4O2.C8H6N2O/c1-20(2,16-10-14(23)4-5-19(16)31-3)12-21(30,22(24,25)26)13-28-9-7-17-15(11-28)18(29)6-8-27-17;1-20(2,16-10-14(23)4-5-19(16)31-3)12-21(30,22(24,25)26)13-28-9-7-18(29)15-11-27-8-6-17(15)28;1-12(2,7-13(8-20-13)14(16,17)18)10-6-9(15)4-5-11(10)19-3;11-8-2-4-10-7-1-3-9-5-6(7)8/h2*4-11,30H,12-13H2,1-3H3;4-6H,7-8H2,1-3H3;1-5H,(H,10,11). The fraction of sp³-hybridized carbons (Fsp3) is 0.364. The molecule has 10 rings (SSSR count). The molecule has 3 aliphatic rings. The van der Waals surface area contributed by atoms with Crippen molar-refractivity contribution in [3.05, 3.63) is 212 Å². The van der Waals surface area contributed by atoms with E-state index in [-0.39, 0.29) is 68.4 Å². The van der Waals surface area contributed by atoms with Gasteiger partial charge in [-0.2, -0.15) is 39.5 Å². The molecule has 0 aliphatic carbocycles. The molecule has 93 heavy (non-hydrogen) atoms. The van der Waals surface area contributed by atoms with Crippen LogP contribution in [0.3, 0.4) is 0 Å². The third kappa shape index (κ3) is 16.5. The Bertz CT molecular complexity index is 4240. The predicted octanol–water partition coefficient (Wildman–Crippen LogP) is 13.1. The number of alkyl halides is 9. The van der Waals surface area contributed by atoms with Crippen molar-refractivity contribution in [1.82, 2.24) is 29.1 Å². The van der Waals surface area contributed by atoms with Crippen molar-refractivity contribution in [2.75, 3.05) is 27.9 Å². The van der Waals surface area contributed by atoms with Crippen LogP contribution in [0.4, 0.5) is 52.7 Å². The van der Waals surface area contributed by atoms with Gasteiger partial charge in [0, 0.05) is 90.7 Å². The van der Waals surface area contributed by atoms with Crippen molar-refractivity contribution in [2.24, 2.45) is 0 Å². The molecule has 27 heteroatoms. The van der Waals surface area contributed by atoms with Crippen molar-refractivity contribution in [3.63, 3.8) is 0 Å². The Kier molecular flexibility index (Phi) is 21.1. The Morgan fingerprint density at radius 2 is 1.04 bits per heavy atom. The maximum Gasteiger partial charge on any atom is 0.419 e. The largest absolute Gasteiger partial charge is 0.496 e. The number of nitrogens with zero attached hydrogens (tertiary/aromatic N) is 5. The normalized spacial score (nSPS) is 15.7. The molecule has 7 heterocycles. The van der Waals surface area contributed by atoms with E-state index >= 15 is 0 Å². The molecule has 3 atom stereocenters. The summed E-state index contributed by atoms with van der Waals surface area (Å²) in [5, 5.41) is 22.5. The predicted molar refractivity (Wildman–Crippen MR) is 322 cm³/mol. The average Bonchev–Trinajstić information content (AvgIpc) is 1.68. The molecule has 1 fully saturated rings. The van der Waals surface area contributed by atoms with Crippen LogP contribution in [0.1, 0.15) is 77.5 Å². The molecule has 3 unspecified atom stereocenters. The van der Waals surface area contributed by atoms with E-state index in [1.54, 1.807) is 38.5 Å². The van der Waals surface area contributed by atoms with Crippen molar-refractivity contribution >= 4 is 21.8 Å². The Balaban J connectivity index is 0.000000185. The van der Waals surface area contributed by atoms with Gasteiger partial charge in [0.25, 0.3) is 0 Å². The molecule has 3 aliphatic heterocycles. The smallest absolute Gasteiger partial charge is 0.419 e. The molecule has 7 aromatic rings. The summed E-state index contributed by atoms with van der Waals surface area (Å²) >= 11 is 0. The molecule has 1 saturated heterocycles. The molecular formula is C66H66F12N6O9. The van der Waals surface area contributed by atoms with Crippen molar-refractivity contribution in [2.45, 2.75) is 125 Å². The summed E-state index contributed by atoms with van der Waals surface area (Å²) in [5.74, 6) is -0.953. The number of benzene rings is 3. The summed E-state index contributed by atoms with van der Waals surface area (Å²) in [5.41, 5.74) is -10.5. The van der Waals surface area contributed by atoms with Crippen LogP contribution in [-0.4, -0.2) is 103 Å². The van der Waals surface area contributed by atoms with Gasteiger partial charge in [0.15, 0.2) is 33.1 Å². The topological polar surface area (TPSA) is 196 Å². The van der Waals surface area contributed by atoms with E-state index in [1.807, 2.05) is 0 Å². The van der Waals surface area contributed by atoms with Gasteiger partial charge in [0.2, 0.25) is 0 Å². The Morgan fingerprint density at radius 1 is 0.570 bits per heavy atom. The summed E-state index contributed by atoms with van der Waals surface area (Å²) in [6, 6.07) is 19.4. The summed E-state index contributed by atoms with van der Waals surface area (Å²) in [6.07, 6.45) is -3.71. The van der Waals surface area contributed by atoms with Crippen LogP contribution in [0.15, 0.2) is 161 Å². The molecular weight excluding hydrogens is 1250 g/mol. The first-order valence-corrected chi connectivity index (χ1v) is 28.3. The van der Waals surface area contributed by atoms with Crippen LogP contribution in [0, 0.1) is 17.5 Å². The van der Waals surface area contributed by atoms with Crippen LogP contribution in [0.2, 0.25) is 0 Å². The van der Waals surface area contributed by atoms with Gasteiger partial charge in [-0.1, -0.05) is 41.5 Å². The number of halogens is 12. The van der Waals surface area contributed by atoms with Gasteiger partial charge in [-0.15, -0.1) is 0 Å². The van der Waals surface area contributed by atoms with Crippen LogP contribution < -0.4 is 30.5 Å². The Morgan fingerprint density at radius 3 is 1.52 bits per heavy atom. The number of ether oxygens (including phenoxy) is 4. The average molecular weight is 1320 g/mol.